The first-order valence-corrected chi connectivity index (χ1v) is 12.8. The monoisotopic (exact) mass is 522 g/mol. The molecule has 2 heterocycles. The van der Waals surface area contributed by atoms with Crippen LogP contribution in [-0.2, 0) is 9.59 Å². The average Bonchev–Trinajstić information content (AvgIpc) is 3.19. The number of halogens is 3. The highest BCUT2D eigenvalue weighted by Crippen LogP contribution is 2.26. The summed E-state index contributed by atoms with van der Waals surface area (Å²) in [4.78, 5) is 28.2. The molecule has 1 N–H and O–H groups in total. The first kappa shape index (κ1) is 32.1. The van der Waals surface area contributed by atoms with Gasteiger partial charge in [-0.1, -0.05) is 62.9 Å². The van der Waals surface area contributed by atoms with Crippen LogP contribution in [0, 0.1) is 5.92 Å². The Balaban J connectivity index is 0.000000357. The molecule has 2 aliphatic heterocycles. The number of hydrogen-bond acceptors (Lipinski definition) is 4. The maximum absolute atomic E-state index is 12.8. The molecular formula is C28H41F3N4O2. The van der Waals surface area contributed by atoms with Crippen LogP contribution in [0.4, 0.5) is 18.9 Å². The largest absolute Gasteiger partial charge is 0.416 e. The smallest absolute Gasteiger partial charge is 0.344 e. The SMILES string of the molecule is C=C/C=C\C(=C/CN1CCCN(C=O)CC1)C(F)(F)F.CC.CN1CC[C@@H](C(=O)Nc2ccccc2)C1. The summed E-state index contributed by atoms with van der Waals surface area (Å²) in [5.74, 6) is 0.292. The second-order valence-electron chi connectivity index (χ2n) is 8.65. The predicted octanol–water partition coefficient (Wildman–Crippen LogP) is 4.98. The number of carbonyl (C=O) groups is 2. The molecule has 2 saturated heterocycles. The van der Waals surface area contributed by atoms with E-state index in [-0.39, 0.29) is 18.4 Å². The molecule has 37 heavy (non-hydrogen) atoms. The minimum atomic E-state index is -4.36. The summed E-state index contributed by atoms with van der Waals surface area (Å²) in [5.41, 5.74) is 0.214. The van der Waals surface area contributed by atoms with E-state index in [2.05, 4.69) is 23.8 Å². The van der Waals surface area contributed by atoms with Crippen molar-refractivity contribution in [1.29, 1.82) is 0 Å². The van der Waals surface area contributed by atoms with Crippen LogP contribution in [0.3, 0.4) is 0 Å². The highest BCUT2D eigenvalue weighted by Gasteiger charge is 2.31. The molecule has 0 spiro atoms. The van der Waals surface area contributed by atoms with Crippen molar-refractivity contribution in [2.45, 2.75) is 32.9 Å². The summed E-state index contributed by atoms with van der Waals surface area (Å²) in [6.07, 6.45) is 2.95. The lowest BCUT2D eigenvalue weighted by atomic mass is 10.1. The molecule has 0 saturated carbocycles. The number of nitrogens with zero attached hydrogens (tertiary/aromatic N) is 3. The van der Waals surface area contributed by atoms with E-state index >= 15 is 0 Å². The Hall–Kier alpha value is -2.91. The van der Waals surface area contributed by atoms with Crippen LogP contribution < -0.4 is 5.32 Å². The first-order chi connectivity index (χ1) is 17.7. The second kappa shape index (κ2) is 17.5. The van der Waals surface area contributed by atoms with E-state index in [1.165, 1.54) is 18.2 Å². The molecule has 0 aliphatic carbocycles. The molecule has 2 amide bonds. The van der Waals surface area contributed by atoms with Gasteiger partial charge in [-0.05, 0) is 38.6 Å². The Morgan fingerprint density at radius 2 is 1.81 bits per heavy atom. The van der Waals surface area contributed by atoms with Crippen molar-refractivity contribution < 1.29 is 22.8 Å². The Morgan fingerprint density at radius 3 is 2.38 bits per heavy atom. The quantitative estimate of drug-likeness (QED) is 0.405. The number of benzene rings is 1. The number of hydrogen-bond donors (Lipinski definition) is 1. The molecule has 1 atom stereocenters. The zero-order valence-corrected chi connectivity index (χ0v) is 22.2. The number of nitrogens with one attached hydrogen (secondary N) is 1. The van der Waals surface area contributed by atoms with Gasteiger partial charge in [0.2, 0.25) is 12.3 Å². The number of allylic oxidation sites excluding steroid dienone is 4. The zero-order valence-electron chi connectivity index (χ0n) is 22.2. The van der Waals surface area contributed by atoms with Gasteiger partial charge in [-0.25, -0.2) is 0 Å². The fourth-order valence-corrected chi connectivity index (χ4v) is 3.87. The van der Waals surface area contributed by atoms with Gasteiger partial charge in [0.1, 0.15) is 0 Å². The Kier molecular flexibility index (Phi) is 15.2. The number of alkyl halides is 3. The predicted molar refractivity (Wildman–Crippen MR) is 144 cm³/mol. The molecule has 0 radical (unpaired) electrons. The van der Waals surface area contributed by atoms with Crippen LogP contribution in [0.2, 0.25) is 0 Å². The van der Waals surface area contributed by atoms with E-state index in [0.717, 1.165) is 44.1 Å². The summed E-state index contributed by atoms with van der Waals surface area (Å²) in [6.45, 7) is 12.0. The minimum absolute atomic E-state index is 0.144. The minimum Gasteiger partial charge on any atom is -0.344 e. The molecule has 9 heteroatoms. The molecule has 0 unspecified atom stereocenters. The van der Waals surface area contributed by atoms with E-state index in [1.807, 2.05) is 49.1 Å². The normalized spacial score (nSPS) is 19.2. The molecular weight excluding hydrogens is 481 g/mol. The molecule has 206 valence electrons. The third kappa shape index (κ3) is 12.7. The standard InChI is InChI=1S/C14H19F3N2O.C12H16N2O.C2H6/c1-2-3-5-13(14(15,16)17)6-9-18-7-4-8-19(12-20)11-10-18;1-14-8-7-10(9-14)12(15)13-11-5-3-2-4-6-11;1-2/h2-3,5-6,12H,1,4,7-11H2;2-6,10H,7-9H2,1H3,(H,13,15);1-2H3/b5-3-,13-6+;;/t;10-;/m.1./s1. The number of rotatable bonds is 7. The topological polar surface area (TPSA) is 55.9 Å². The second-order valence-corrected chi connectivity index (χ2v) is 8.65. The summed E-state index contributed by atoms with van der Waals surface area (Å²) < 4.78 is 38.3. The van der Waals surface area contributed by atoms with Crippen molar-refractivity contribution in [3.8, 4) is 0 Å². The number of amides is 2. The molecule has 0 aromatic heterocycles. The van der Waals surface area contributed by atoms with E-state index in [1.54, 1.807) is 4.90 Å². The zero-order chi connectivity index (χ0) is 27.7. The lowest BCUT2D eigenvalue weighted by Crippen LogP contribution is -2.30. The summed E-state index contributed by atoms with van der Waals surface area (Å²) in [5, 5.41) is 2.94. The van der Waals surface area contributed by atoms with Crippen molar-refractivity contribution in [2.75, 3.05) is 58.2 Å². The lowest BCUT2D eigenvalue weighted by Gasteiger charge is -2.19. The molecule has 1 aromatic rings. The lowest BCUT2D eigenvalue weighted by molar-refractivity contribution is -0.119. The highest BCUT2D eigenvalue weighted by molar-refractivity contribution is 5.92. The Bertz CT molecular complexity index is 872. The molecule has 3 rings (SSSR count). The molecule has 2 aliphatic rings. The van der Waals surface area contributed by atoms with Crippen LogP contribution in [0.15, 0.2) is 66.8 Å². The maximum Gasteiger partial charge on any atom is 0.416 e. The van der Waals surface area contributed by atoms with Gasteiger partial charge in [-0.3, -0.25) is 14.5 Å². The van der Waals surface area contributed by atoms with Crippen molar-refractivity contribution in [3.63, 3.8) is 0 Å². The van der Waals surface area contributed by atoms with Gasteiger partial charge < -0.3 is 15.1 Å². The first-order valence-electron chi connectivity index (χ1n) is 12.8. The van der Waals surface area contributed by atoms with Crippen molar-refractivity contribution >= 4 is 18.0 Å². The van der Waals surface area contributed by atoms with E-state index < -0.39 is 11.7 Å². The van der Waals surface area contributed by atoms with Gasteiger partial charge in [-0.2, -0.15) is 13.2 Å². The highest BCUT2D eigenvalue weighted by atomic mass is 19.4. The summed E-state index contributed by atoms with van der Waals surface area (Å²) in [6, 6.07) is 9.62. The molecule has 2 fully saturated rings. The number of para-hydroxylation sites is 1. The number of anilines is 1. The molecule has 1 aromatic carbocycles. The van der Waals surface area contributed by atoms with Crippen LogP contribution in [0.1, 0.15) is 26.7 Å². The van der Waals surface area contributed by atoms with E-state index in [9.17, 15) is 22.8 Å². The van der Waals surface area contributed by atoms with Crippen molar-refractivity contribution in [3.05, 3.63) is 66.8 Å². The van der Waals surface area contributed by atoms with Gasteiger partial charge in [0.25, 0.3) is 0 Å². The van der Waals surface area contributed by atoms with Crippen LogP contribution in [0.25, 0.3) is 0 Å². The fourth-order valence-electron chi connectivity index (χ4n) is 3.87. The Morgan fingerprint density at radius 1 is 1.11 bits per heavy atom. The van der Waals surface area contributed by atoms with Crippen molar-refractivity contribution in [1.82, 2.24) is 14.7 Å². The number of carbonyl (C=O) groups excluding carboxylic acids is 2. The van der Waals surface area contributed by atoms with Crippen molar-refractivity contribution in [2.24, 2.45) is 5.92 Å². The number of likely N-dealkylation sites (tertiary alicyclic amines) is 1. The Labute approximate surface area is 219 Å². The average molecular weight is 523 g/mol. The molecule has 0 bridgehead atoms. The van der Waals surface area contributed by atoms with Gasteiger partial charge in [0, 0.05) is 45.0 Å². The third-order valence-electron chi connectivity index (χ3n) is 5.88. The third-order valence-corrected chi connectivity index (χ3v) is 5.88. The van der Waals surface area contributed by atoms with E-state index in [0.29, 0.717) is 26.2 Å². The van der Waals surface area contributed by atoms with Gasteiger partial charge in [-0.15, -0.1) is 0 Å². The summed E-state index contributed by atoms with van der Waals surface area (Å²) >= 11 is 0. The van der Waals surface area contributed by atoms with E-state index in [4.69, 9.17) is 0 Å². The van der Waals surface area contributed by atoms with Crippen LogP contribution >= 0.6 is 0 Å². The van der Waals surface area contributed by atoms with Crippen LogP contribution in [-0.4, -0.2) is 86.1 Å². The summed E-state index contributed by atoms with van der Waals surface area (Å²) in [7, 11) is 2.05. The van der Waals surface area contributed by atoms with Crippen LogP contribution in [0.5, 0.6) is 0 Å². The van der Waals surface area contributed by atoms with Gasteiger partial charge >= 0.3 is 6.18 Å². The van der Waals surface area contributed by atoms with Gasteiger partial charge in [0.05, 0.1) is 11.5 Å². The maximum atomic E-state index is 12.8. The van der Waals surface area contributed by atoms with Gasteiger partial charge in [0.15, 0.2) is 0 Å². The molecule has 6 nitrogen and oxygen atoms in total. The fraction of sp³-hybridized carbons (Fsp3) is 0.500.